The van der Waals surface area contributed by atoms with E-state index in [9.17, 15) is 23.3 Å². The van der Waals surface area contributed by atoms with Crippen LogP contribution in [0.15, 0.2) is 64.6 Å². The van der Waals surface area contributed by atoms with Crippen LogP contribution in [-0.4, -0.2) is 43.4 Å². The summed E-state index contributed by atoms with van der Waals surface area (Å²) in [6, 6.07) is 13.4. The number of nitrogens with zero attached hydrogens (tertiary/aromatic N) is 3. The fourth-order valence-electron chi connectivity index (χ4n) is 1.99. The van der Waals surface area contributed by atoms with Gasteiger partial charge >= 0.3 is 0 Å². The Hall–Kier alpha value is -3.11. The van der Waals surface area contributed by atoms with Gasteiger partial charge in [-0.2, -0.15) is 9.41 Å². The zero-order chi connectivity index (χ0) is 19.2. The van der Waals surface area contributed by atoms with Crippen LogP contribution >= 0.6 is 0 Å². The number of nitro benzene ring substituents is 1. The Morgan fingerprint density at radius 1 is 1.23 bits per heavy atom. The van der Waals surface area contributed by atoms with Crippen molar-refractivity contribution in [3.63, 3.8) is 0 Å². The SMILES string of the molecule is CN(CC(=O)N/N=C\c1cccc([N+](=O)[O-])c1)S(=O)(=O)c1ccccc1. The maximum absolute atomic E-state index is 12.3. The predicted octanol–water partition coefficient (Wildman–Crippen LogP) is 1.37. The monoisotopic (exact) mass is 376 g/mol. The number of hydrogen-bond acceptors (Lipinski definition) is 6. The third kappa shape index (κ3) is 4.94. The van der Waals surface area contributed by atoms with E-state index in [-0.39, 0.29) is 10.6 Å². The van der Waals surface area contributed by atoms with Crippen molar-refractivity contribution in [2.24, 2.45) is 5.10 Å². The number of likely N-dealkylation sites (N-methyl/N-ethyl adjacent to an activating group) is 1. The third-order valence-electron chi connectivity index (χ3n) is 3.30. The summed E-state index contributed by atoms with van der Waals surface area (Å²) in [6.07, 6.45) is 1.23. The number of carbonyl (C=O) groups excluding carboxylic acids is 1. The van der Waals surface area contributed by atoms with Gasteiger partial charge in [0.1, 0.15) is 0 Å². The molecule has 2 aromatic carbocycles. The lowest BCUT2D eigenvalue weighted by molar-refractivity contribution is -0.384. The van der Waals surface area contributed by atoms with Crippen LogP contribution in [0, 0.1) is 10.1 Å². The highest BCUT2D eigenvalue weighted by molar-refractivity contribution is 7.89. The minimum absolute atomic E-state index is 0.0791. The largest absolute Gasteiger partial charge is 0.272 e. The molecular formula is C16H16N4O5S. The molecule has 0 aliphatic heterocycles. The number of sulfonamides is 1. The Balaban J connectivity index is 1.96. The molecule has 0 aliphatic carbocycles. The first kappa shape index (κ1) is 19.2. The number of nitro groups is 1. The summed E-state index contributed by atoms with van der Waals surface area (Å²) >= 11 is 0. The van der Waals surface area contributed by atoms with Gasteiger partial charge in [-0.25, -0.2) is 13.8 Å². The Bertz CT molecular complexity index is 929. The van der Waals surface area contributed by atoms with E-state index in [1.165, 1.54) is 43.6 Å². The molecule has 0 radical (unpaired) electrons. The summed E-state index contributed by atoms with van der Waals surface area (Å²) in [4.78, 5) is 22.1. The third-order valence-corrected chi connectivity index (χ3v) is 5.12. The van der Waals surface area contributed by atoms with Crippen LogP contribution in [0.3, 0.4) is 0 Å². The maximum atomic E-state index is 12.3. The number of benzene rings is 2. The van der Waals surface area contributed by atoms with Crippen molar-refractivity contribution in [3.8, 4) is 0 Å². The molecule has 10 heteroatoms. The molecule has 136 valence electrons. The first-order chi connectivity index (χ1) is 12.3. The normalized spacial score (nSPS) is 11.6. The minimum atomic E-state index is -3.78. The predicted molar refractivity (Wildman–Crippen MR) is 95.1 cm³/mol. The van der Waals surface area contributed by atoms with Crippen LogP contribution in [0.4, 0.5) is 5.69 Å². The van der Waals surface area contributed by atoms with Crippen molar-refractivity contribution in [2.75, 3.05) is 13.6 Å². The van der Waals surface area contributed by atoms with Gasteiger partial charge in [-0.3, -0.25) is 14.9 Å². The van der Waals surface area contributed by atoms with Gasteiger partial charge in [-0.05, 0) is 12.1 Å². The van der Waals surface area contributed by atoms with Crippen molar-refractivity contribution in [3.05, 3.63) is 70.3 Å². The second-order valence-corrected chi connectivity index (χ2v) is 7.26. The number of rotatable bonds is 7. The first-order valence-corrected chi connectivity index (χ1v) is 8.82. The standard InChI is InChI=1S/C16H16N4O5S/c1-19(26(24,25)15-8-3-2-4-9-15)12-16(21)18-17-11-13-6-5-7-14(10-13)20(22)23/h2-11H,12H2,1H3,(H,18,21)/b17-11-. The molecule has 0 saturated carbocycles. The van der Waals surface area contributed by atoms with Gasteiger partial charge in [0.05, 0.1) is 22.6 Å². The van der Waals surface area contributed by atoms with Crippen molar-refractivity contribution in [1.82, 2.24) is 9.73 Å². The van der Waals surface area contributed by atoms with E-state index in [0.717, 1.165) is 4.31 Å². The zero-order valence-corrected chi connectivity index (χ0v) is 14.6. The van der Waals surface area contributed by atoms with Crippen molar-refractivity contribution in [1.29, 1.82) is 0 Å². The second kappa shape index (κ2) is 8.32. The molecule has 0 saturated heterocycles. The minimum Gasteiger partial charge on any atom is -0.272 e. The van der Waals surface area contributed by atoms with Gasteiger partial charge in [-0.15, -0.1) is 0 Å². The van der Waals surface area contributed by atoms with Gasteiger partial charge in [0.25, 0.3) is 11.6 Å². The number of hydrogen-bond donors (Lipinski definition) is 1. The summed E-state index contributed by atoms with van der Waals surface area (Å²) in [5.41, 5.74) is 2.51. The molecule has 2 aromatic rings. The van der Waals surface area contributed by atoms with Gasteiger partial charge in [0.15, 0.2) is 0 Å². The van der Waals surface area contributed by atoms with Gasteiger partial charge < -0.3 is 0 Å². The average Bonchev–Trinajstić information content (AvgIpc) is 2.62. The molecule has 0 aliphatic rings. The Labute approximate surface area is 150 Å². The average molecular weight is 376 g/mol. The lowest BCUT2D eigenvalue weighted by Gasteiger charge is -2.15. The number of hydrazone groups is 1. The molecule has 0 bridgehead atoms. The smallest absolute Gasteiger partial charge is 0.270 e. The van der Waals surface area contributed by atoms with Crippen LogP contribution in [0.2, 0.25) is 0 Å². The van der Waals surface area contributed by atoms with Crippen molar-refractivity contribution >= 4 is 27.8 Å². The van der Waals surface area contributed by atoms with Gasteiger partial charge in [0.2, 0.25) is 10.0 Å². The fourth-order valence-corrected chi connectivity index (χ4v) is 3.14. The molecule has 2 rings (SSSR count). The van der Waals surface area contributed by atoms with E-state index >= 15 is 0 Å². The van der Waals surface area contributed by atoms with Crippen molar-refractivity contribution in [2.45, 2.75) is 4.90 Å². The zero-order valence-electron chi connectivity index (χ0n) is 13.8. The molecule has 0 fully saturated rings. The fraction of sp³-hybridized carbons (Fsp3) is 0.125. The van der Waals surface area contributed by atoms with Gasteiger partial charge in [-0.1, -0.05) is 30.3 Å². The molecular weight excluding hydrogens is 360 g/mol. The molecule has 0 atom stereocenters. The topological polar surface area (TPSA) is 122 Å². The van der Waals surface area contributed by atoms with Gasteiger partial charge in [0, 0.05) is 24.7 Å². The molecule has 0 aromatic heterocycles. The molecule has 1 N–H and O–H groups in total. The van der Waals surface area contributed by atoms with E-state index in [2.05, 4.69) is 10.5 Å². The summed E-state index contributed by atoms with van der Waals surface area (Å²) < 4.78 is 25.5. The van der Waals surface area contributed by atoms with E-state index < -0.39 is 27.4 Å². The first-order valence-electron chi connectivity index (χ1n) is 7.38. The van der Waals surface area contributed by atoms with E-state index in [1.807, 2.05) is 0 Å². The molecule has 0 spiro atoms. The highest BCUT2D eigenvalue weighted by Crippen LogP contribution is 2.13. The van der Waals surface area contributed by atoms with Crippen LogP contribution in [0.1, 0.15) is 5.56 Å². The molecule has 9 nitrogen and oxygen atoms in total. The van der Waals surface area contributed by atoms with Crippen molar-refractivity contribution < 1.29 is 18.1 Å². The number of nitrogens with one attached hydrogen (secondary N) is 1. The summed E-state index contributed by atoms with van der Waals surface area (Å²) in [5, 5.41) is 14.4. The molecule has 0 unspecified atom stereocenters. The second-order valence-electron chi connectivity index (χ2n) is 5.22. The van der Waals surface area contributed by atoms with E-state index in [1.54, 1.807) is 24.3 Å². The Morgan fingerprint density at radius 3 is 2.58 bits per heavy atom. The molecule has 0 heterocycles. The highest BCUT2D eigenvalue weighted by Gasteiger charge is 2.22. The van der Waals surface area contributed by atoms with Crippen LogP contribution < -0.4 is 5.43 Å². The summed E-state index contributed by atoms with van der Waals surface area (Å²) in [7, 11) is -2.50. The molecule has 1 amide bonds. The quantitative estimate of drug-likeness (QED) is 0.444. The Morgan fingerprint density at radius 2 is 1.92 bits per heavy atom. The number of amides is 1. The van der Waals surface area contributed by atoms with E-state index in [0.29, 0.717) is 5.56 Å². The highest BCUT2D eigenvalue weighted by atomic mass is 32.2. The van der Waals surface area contributed by atoms with Crippen LogP contribution in [0.25, 0.3) is 0 Å². The van der Waals surface area contributed by atoms with E-state index in [4.69, 9.17) is 0 Å². The summed E-state index contributed by atoms with van der Waals surface area (Å²) in [5.74, 6) is -0.645. The summed E-state index contributed by atoms with van der Waals surface area (Å²) in [6.45, 7) is -0.427. The lowest BCUT2D eigenvalue weighted by atomic mass is 10.2. The lowest BCUT2D eigenvalue weighted by Crippen LogP contribution is -2.36. The van der Waals surface area contributed by atoms with Crippen LogP contribution in [0.5, 0.6) is 0 Å². The number of carbonyl (C=O) groups is 1. The maximum Gasteiger partial charge on any atom is 0.270 e. The molecule has 26 heavy (non-hydrogen) atoms. The number of non-ortho nitro benzene ring substituents is 1. The Kier molecular flexibility index (Phi) is 6.15. The van der Waals surface area contributed by atoms with Crippen LogP contribution in [-0.2, 0) is 14.8 Å².